The third-order valence-electron chi connectivity index (χ3n) is 6.53. The lowest BCUT2D eigenvalue weighted by molar-refractivity contribution is 0.0577. The van der Waals surface area contributed by atoms with E-state index >= 15 is 0 Å². The van der Waals surface area contributed by atoms with E-state index in [9.17, 15) is 13.2 Å². The summed E-state index contributed by atoms with van der Waals surface area (Å²) in [4.78, 5) is 15.1. The third-order valence-corrected chi connectivity index (χ3v) is 8.68. The van der Waals surface area contributed by atoms with Crippen molar-refractivity contribution in [3.05, 3.63) is 71.3 Å². The van der Waals surface area contributed by atoms with Gasteiger partial charge >= 0.3 is 6.09 Å². The highest BCUT2D eigenvalue weighted by Crippen LogP contribution is 2.68. The fraction of sp³-hybridized carbons (Fsp3) is 0.393. The summed E-state index contributed by atoms with van der Waals surface area (Å²) in [5.74, 6) is 0.651. The number of rotatable bonds is 6. The van der Waals surface area contributed by atoms with Crippen LogP contribution in [0.2, 0.25) is 0 Å². The van der Waals surface area contributed by atoms with Crippen molar-refractivity contribution in [2.45, 2.75) is 49.9 Å². The maximum atomic E-state index is 13.4. The maximum absolute atomic E-state index is 13.4. The number of amides is 1. The second-order valence-electron chi connectivity index (χ2n) is 10.6. The van der Waals surface area contributed by atoms with E-state index in [2.05, 4.69) is 0 Å². The van der Waals surface area contributed by atoms with E-state index < -0.39 is 26.6 Å². The molecule has 37 heavy (non-hydrogen) atoms. The summed E-state index contributed by atoms with van der Waals surface area (Å²) in [6.45, 7) is 8.29. The number of hydrogen-bond donors (Lipinski definition) is 0. The van der Waals surface area contributed by atoms with Gasteiger partial charge < -0.3 is 9.47 Å². The molecular weight excluding hydrogens is 510 g/mol. The number of benzene rings is 3. The molecular formula is C28H31NO6S2. The van der Waals surface area contributed by atoms with Gasteiger partial charge in [-0.2, -0.15) is 8.42 Å². The van der Waals surface area contributed by atoms with Gasteiger partial charge in [0.05, 0.1) is 23.3 Å². The summed E-state index contributed by atoms with van der Waals surface area (Å²) in [6.07, 6.45) is 0.618. The van der Waals surface area contributed by atoms with E-state index in [1.807, 2.05) is 82.3 Å². The minimum Gasteiger partial charge on any atom is -0.488 e. The topological polar surface area (TPSA) is 82.1 Å². The van der Waals surface area contributed by atoms with Crippen molar-refractivity contribution in [2.75, 3.05) is 24.3 Å². The molecule has 9 heteroatoms. The first kappa shape index (κ1) is 25.9. The van der Waals surface area contributed by atoms with Crippen LogP contribution in [0.4, 0.5) is 10.5 Å². The molecule has 1 unspecified atom stereocenters. The monoisotopic (exact) mass is 541 g/mol. The Labute approximate surface area is 222 Å². The molecule has 1 amide bonds. The fourth-order valence-corrected chi connectivity index (χ4v) is 6.73. The highest BCUT2D eigenvalue weighted by Gasteiger charge is 2.63. The molecule has 0 saturated carbocycles. The number of carbonyl (C=O) groups is 1. The van der Waals surface area contributed by atoms with Crippen molar-refractivity contribution >= 4 is 44.4 Å². The smallest absolute Gasteiger partial charge is 0.414 e. The van der Waals surface area contributed by atoms with E-state index in [1.54, 1.807) is 16.7 Å². The number of nitrogens with zero attached hydrogens (tertiary/aromatic N) is 1. The van der Waals surface area contributed by atoms with Crippen LogP contribution in [0.1, 0.15) is 37.5 Å². The number of ether oxygens (including phenoxy) is 2. The highest BCUT2D eigenvalue weighted by molar-refractivity contribution is 8.08. The second-order valence-corrected chi connectivity index (χ2v) is 13.8. The Morgan fingerprint density at radius 3 is 2.54 bits per heavy atom. The average Bonchev–Trinajstić information content (AvgIpc) is 3.54. The molecule has 0 radical (unpaired) electrons. The molecule has 3 aromatic rings. The molecule has 3 aromatic carbocycles. The van der Waals surface area contributed by atoms with Crippen LogP contribution < -0.4 is 9.64 Å². The highest BCUT2D eigenvalue weighted by atomic mass is 32.2. The van der Waals surface area contributed by atoms with E-state index in [4.69, 9.17) is 13.7 Å². The zero-order valence-electron chi connectivity index (χ0n) is 21.6. The van der Waals surface area contributed by atoms with Crippen molar-refractivity contribution in [3.8, 4) is 5.75 Å². The summed E-state index contributed by atoms with van der Waals surface area (Å²) in [5.41, 5.74) is 2.93. The number of thioether (sulfide) groups is 1. The number of fused-ring (bicyclic) bond motifs is 5. The van der Waals surface area contributed by atoms with Crippen LogP contribution in [0.15, 0.2) is 54.6 Å². The minimum atomic E-state index is -3.65. The Morgan fingerprint density at radius 1 is 1.14 bits per heavy atom. The molecule has 7 nitrogen and oxygen atoms in total. The predicted octanol–water partition coefficient (Wildman–Crippen LogP) is 5.77. The molecule has 0 spiro atoms. The zero-order chi connectivity index (χ0) is 26.6. The van der Waals surface area contributed by atoms with Crippen LogP contribution in [0.5, 0.6) is 5.75 Å². The Kier molecular flexibility index (Phi) is 6.45. The van der Waals surface area contributed by atoms with E-state index in [0.717, 1.165) is 33.7 Å². The normalized spacial score (nSPS) is 20.8. The van der Waals surface area contributed by atoms with Crippen molar-refractivity contribution in [3.63, 3.8) is 0 Å². The van der Waals surface area contributed by atoms with Gasteiger partial charge in [-0.15, -0.1) is 11.8 Å². The number of hydrogen-bond acceptors (Lipinski definition) is 7. The van der Waals surface area contributed by atoms with E-state index in [0.29, 0.717) is 24.6 Å². The lowest BCUT2D eigenvalue weighted by atomic mass is 9.84. The number of carbonyl (C=O) groups excluding carboxylic acids is 1. The van der Waals surface area contributed by atoms with Gasteiger partial charge in [-0.25, -0.2) is 4.79 Å². The van der Waals surface area contributed by atoms with Gasteiger partial charge in [-0.3, -0.25) is 9.08 Å². The lowest BCUT2D eigenvalue weighted by Gasteiger charge is -2.35. The minimum absolute atomic E-state index is 0.00395. The molecule has 1 saturated heterocycles. The second kappa shape index (κ2) is 9.22. The van der Waals surface area contributed by atoms with E-state index in [1.165, 1.54) is 0 Å². The number of anilines is 1. The molecule has 2 heterocycles. The molecule has 196 valence electrons. The Bertz CT molecular complexity index is 1470. The first-order valence-corrected chi connectivity index (χ1v) is 14.8. The molecule has 2 aliphatic rings. The largest absolute Gasteiger partial charge is 0.488 e. The van der Waals surface area contributed by atoms with Crippen LogP contribution in [-0.2, 0) is 30.4 Å². The van der Waals surface area contributed by atoms with Crippen LogP contribution in [-0.4, -0.2) is 44.8 Å². The molecule has 5 rings (SSSR count). The first-order chi connectivity index (χ1) is 17.4. The van der Waals surface area contributed by atoms with Crippen LogP contribution in [0.25, 0.3) is 10.8 Å². The molecule has 0 aliphatic carbocycles. The molecule has 0 N–H and O–H groups in total. The van der Waals surface area contributed by atoms with Gasteiger partial charge in [0.1, 0.15) is 18.0 Å². The standard InChI is InChI=1S/C28H31NO6S2/c1-18-10-9-13-20-22(33-16-19-11-7-6-8-12-19)14-21-25(24(18)20)28(17-34-37(5,31)32)23(36-28)15-29(21)26(30)35-27(2,3)4/h6-14,23H,15-17H2,1-5H3/t23?,28-/m0/s1. The van der Waals surface area contributed by atoms with Crippen molar-refractivity contribution in [1.29, 1.82) is 0 Å². The Balaban J connectivity index is 1.67. The van der Waals surface area contributed by atoms with Crippen LogP contribution >= 0.6 is 11.8 Å². The molecule has 2 atom stereocenters. The average molecular weight is 542 g/mol. The molecule has 1 fully saturated rings. The maximum Gasteiger partial charge on any atom is 0.414 e. The molecule has 0 aromatic heterocycles. The van der Waals surface area contributed by atoms with Gasteiger partial charge in [0.15, 0.2) is 0 Å². The third kappa shape index (κ3) is 5.17. The van der Waals surface area contributed by atoms with Gasteiger partial charge in [-0.1, -0.05) is 48.5 Å². The van der Waals surface area contributed by atoms with Gasteiger partial charge in [0, 0.05) is 28.8 Å². The zero-order valence-corrected chi connectivity index (χ0v) is 23.2. The van der Waals surface area contributed by atoms with Gasteiger partial charge in [0.25, 0.3) is 10.1 Å². The lowest BCUT2D eigenvalue weighted by Crippen LogP contribution is -2.44. The Morgan fingerprint density at radius 2 is 1.86 bits per heavy atom. The summed E-state index contributed by atoms with van der Waals surface area (Å²) in [6, 6.07) is 17.8. The number of aryl methyl sites for hydroxylation is 1. The first-order valence-electron chi connectivity index (χ1n) is 12.1. The van der Waals surface area contributed by atoms with E-state index in [-0.39, 0.29) is 11.9 Å². The van der Waals surface area contributed by atoms with Gasteiger partial charge in [0.2, 0.25) is 0 Å². The summed E-state index contributed by atoms with van der Waals surface area (Å²) >= 11 is 1.63. The van der Waals surface area contributed by atoms with Crippen molar-refractivity contribution in [2.24, 2.45) is 0 Å². The Hall–Kier alpha value is -2.75. The summed E-state index contributed by atoms with van der Waals surface area (Å²) in [5, 5.41) is 1.84. The summed E-state index contributed by atoms with van der Waals surface area (Å²) < 4.78 is 40.8. The van der Waals surface area contributed by atoms with Crippen molar-refractivity contribution < 1.29 is 26.9 Å². The predicted molar refractivity (Wildman–Crippen MR) is 147 cm³/mol. The van der Waals surface area contributed by atoms with Crippen LogP contribution in [0.3, 0.4) is 0 Å². The van der Waals surface area contributed by atoms with Crippen LogP contribution in [0, 0.1) is 6.92 Å². The molecule has 0 bridgehead atoms. The van der Waals surface area contributed by atoms with Gasteiger partial charge in [-0.05, 0) is 44.2 Å². The van der Waals surface area contributed by atoms with Crippen molar-refractivity contribution in [1.82, 2.24) is 0 Å². The SMILES string of the molecule is Cc1cccc2c(OCc3ccccc3)cc3c(c12)[C@@]1(COS(C)(=O)=O)SC1CN3C(=O)OC(C)(C)C. The fourth-order valence-electron chi connectivity index (χ4n) is 4.88. The molecule has 2 aliphatic heterocycles. The summed E-state index contributed by atoms with van der Waals surface area (Å²) in [7, 11) is -3.65. The quantitative estimate of drug-likeness (QED) is 0.289.